The maximum absolute atomic E-state index is 15.2. The fourth-order valence-corrected chi connectivity index (χ4v) is 8.47. The smallest absolute Gasteiger partial charge is 0.313 e. The number of amides is 3. The Balaban J connectivity index is 1.63. The highest BCUT2D eigenvalue weighted by atomic mass is 16.6. The van der Waals surface area contributed by atoms with Gasteiger partial charge in [-0.25, -0.2) is 0 Å². The number of nitrogens with one attached hydrogen (secondary N) is 1. The Kier molecular flexibility index (Phi) is 10.3. The van der Waals surface area contributed by atoms with Gasteiger partial charge in [-0.05, 0) is 50.0 Å². The number of nitrogens with zero attached hydrogens (tertiary/aromatic N) is 2. The van der Waals surface area contributed by atoms with E-state index >= 15 is 4.79 Å². The van der Waals surface area contributed by atoms with E-state index in [9.17, 15) is 19.5 Å². The zero-order valence-electron chi connectivity index (χ0n) is 29.5. The molecule has 7 atom stereocenters. The van der Waals surface area contributed by atoms with Crippen molar-refractivity contribution < 1.29 is 33.8 Å². The summed E-state index contributed by atoms with van der Waals surface area (Å²) in [6, 6.07) is 7.44. The van der Waals surface area contributed by atoms with E-state index in [1.807, 2.05) is 70.2 Å². The van der Waals surface area contributed by atoms with Crippen molar-refractivity contribution in [2.75, 3.05) is 19.7 Å². The van der Waals surface area contributed by atoms with Crippen LogP contribution in [0.2, 0.25) is 0 Å². The van der Waals surface area contributed by atoms with Gasteiger partial charge in [0.25, 0.3) is 0 Å². The Morgan fingerprint density at radius 3 is 2.38 bits per heavy atom. The van der Waals surface area contributed by atoms with Gasteiger partial charge in [0.15, 0.2) is 0 Å². The first-order valence-corrected chi connectivity index (χ1v) is 17.4. The topological polar surface area (TPSA) is 125 Å². The van der Waals surface area contributed by atoms with Crippen molar-refractivity contribution in [3.8, 4) is 0 Å². The number of esters is 1. The van der Waals surface area contributed by atoms with Crippen molar-refractivity contribution in [2.24, 2.45) is 23.2 Å². The van der Waals surface area contributed by atoms with Crippen LogP contribution >= 0.6 is 0 Å². The van der Waals surface area contributed by atoms with Crippen LogP contribution in [0.4, 0.5) is 0 Å². The molecule has 3 amide bonds. The van der Waals surface area contributed by atoms with Crippen molar-refractivity contribution in [1.29, 1.82) is 0 Å². The zero-order valence-corrected chi connectivity index (χ0v) is 29.5. The van der Waals surface area contributed by atoms with Crippen LogP contribution in [0.3, 0.4) is 0 Å². The lowest BCUT2D eigenvalue weighted by atomic mass is 9.74. The Morgan fingerprint density at radius 2 is 1.73 bits per heavy atom. The largest absolute Gasteiger partial charge is 0.455 e. The van der Waals surface area contributed by atoms with Crippen LogP contribution in [0.1, 0.15) is 85.8 Å². The number of rotatable bonds is 7. The normalized spacial score (nSPS) is 31.2. The number of ether oxygens (including phenoxy) is 2. The Morgan fingerprint density at radius 1 is 1.02 bits per heavy atom. The predicted octanol–water partition coefficient (Wildman–Crippen LogP) is 4.34. The summed E-state index contributed by atoms with van der Waals surface area (Å²) < 4.78 is 12.8. The number of fused-ring (bicyclic) bond motifs is 2. The molecule has 1 aromatic carbocycles. The van der Waals surface area contributed by atoms with Crippen LogP contribution in [0.25, 0.3) is 0 Å². The Hall–Kier alpha value is -3.50. The lowest BCUT2D eigenvalue weighted by molar-refractivity contribution is -0.161. The monoisotopic (exact) mass is 663 g/mol. The third kappa shape index (κ3) is 6.97. The second-order valence-electron chi connectivity index (χ2n) is 16.1. The molecule has 2 fully saturated rings. The Labute approximate surface area is 284 Å². The summed E-state index contributed by atoms with van der Waals surface area (Å²) in [4.78, 5) is 60.3. The van der Waals surface area contributed by atoms with Gasteiger partial charge in [0.05, 0.1) is 31.2 Å². The van der Waals surface area contributed by atoms with Crippen LogP contribution in [-0.4, -0.2) is 87.6 Å². The number of aliphatic hydroxyl groups excluding tert-OH is 1. The molecule has 4 heterocycles. The third-order valence-electron chi connectivity index (χ3n) is 10.0. The first-order valence-electron chi connectivity index (χ1n) is 17.4. The standard InChI is InChI=1S/C38H53N3O7/c1-24(2)20-26(22-42)41-32-34(45)40(37(6,7)23-36(3,4)5)19-13-9-12-16-29(43)39-21-28(25-14-10-8-11-15-25)47-35(46)30-27-17-18-38(32,48-27)31(30)33(41)44/h8-11,13-15,17-18,24,26-28,30-32,42H,12,16,19-23H2,1-7H3,(H,39,43)/b13-9-/t26-,27+,28+,30-,31-,32+,38-/m1/s1. The summed E-state index contributed by atoms with van der Waals surface area (Å²) in [7, 11) is 0. The molecule has 5 bridgehead atoms. The minimum absolute atomic E-state index is 0.0686. The van der Waals surface area contributed by atoms with Crippen LogP contribution in [0.5, 0.6) is 0 Å². The minimum Gasteiger partial charge on any atom is -0.455 e. The minimum atomic E-state index is -1.41. The fraction of sp³-hybridized carbons (Fsp3) is 0.632. The molecule has 2 saturated heterocycles. The van der Waals surface area contributed by atoms with Gasteiger partial charge >= 0.3 is 5.97 Å². The second-order valence-corrected chi connectivity index (χ2v) is 16.1. The van der Waals surface area contributed by atoms with Crippen LogP contribution in [0.15, 0.2) is 54.6 Å². The number of aliphatic hydroxyl groups is 1. The van der Waals surface area contributed by atoms with E-state index in [1.165, 1.54) is 4.90 Å². The van der Waals surface area contributed by atoms with E-state index in [-0.39, 0.29) is 49.3 Å². The SMILES string of the molecule is CC(C)C[C@H](CO)N1C(=O)[C@H]2[C@@H]3C(=O)O[C@H](c4ccccc4)CNC(=O)CC/C=C\CN(C(C)(C)CC(C)(C)C)C(=O)[C@H]1[C@@]21C=C[C@@H]3O1. The molecule has 0 aromatic heterocycles. The van der Waals surface area contributed by atoms with Crippen molar-refractivity contribution in [1.82, 2.24) is 15.1 Å². The van der Waals surface area contributed by atoms with Crippen LogP contribution < -0.4 is 5.32 Å². The van der Waals surface area contributed by atoms with E-state index in [4.69, 9.17) is 9.47 Å². The zero-order chi connectivity index (χ0) is 35.0. The van der Waals surface area contributed by atoms with Crippen molar-refractivity contribution >= 4 is 23.7 Å². The number of likely N-dealkylation sites (tertiary alicyclic amines) is 1. The highest BCUT2D eigenvalue weighted by molar-refractivity contribution is 5.99. The van der Waals surface area contributed by atoms with Gasteiger partial charge in [-0.2, -0.15) is 0 Å². The highest BCUT2D eigenvalue weighted by Gasteiger charge is 2.74. The maximum atomic E-state index is 15.2. The summed E-state index contributed by atoms with van der Waals surface area (Å²) in [5.74, 6) is -3.39. The highest BCUT2D eigenvalue weighted by Crippen LogP contribution is 2.57. The van der Waals surface area contributed by atoms with Crippen molar-refractivity contribution in [3.63, 3.8) is 0 Å². The number of carbonyl (C=O) groups excluding carboxylic acids is 4. The molecule has 1 spiro atoms. The van der Waals surface area contributed by atoms with Gasteiger partial charge < -0.3 is 29.7 Å². The number of benzene rings is 1. The maximum Gasteiger partial charge on any atom is 0.313 e. The molecule has 262 valence electrons. The molecule has 0 unspecified atom stereocenters. The predicted molar refractivity (Wildman–Crippen MR) is 181 cm³/mol. The molecule has 1 aromatic rings. The van der Waals surface area contributed by atoms with Crippen molar-refractivity contribution in [3.05, 3.63) is 60.2 Å². The molecule has 48 heavy (non-hydrogen) atoms. The van der Waals surface area contributed by atoms with Crippen molar-refractivity contribution in [2.45, 2.75) is 110 Å². The summed E-state index contributed by atoms with van der Waals surface area (Å²) in [6.45, 7) is 14.4. The quantitative estimate of drug-likeness (QED) is 0.329. The van der Waals surface area contributed by atoms with E-state index < -0.39 is 59.1 Å². The van der Waals surface area contributed by atoms with Gasteiger partial charge in [-0.15, -0.1) is 0 Å². The van der Waals surface area contributed by atoms with E-state index in [2.05, 4.69) is 26.1 Å². The lowest BCUT2D eigenvalue weighted by Crippen LogP contribution is -2.62. The molecule has 2 N–H and O–H groups in total. The summed E-state index contributed by atoms with van der Waals surface area (Å²) in [5.41, 5.74) is -1.46. The number of cyclic esters (lactones) is 1. The van der Waals surface area contributed by atoms with Gasteiger partial charge in [0.2, 0.25) is 17.7 Å². The average molecular weight is 664 g/mol. The van der Waals surface area contributed by atoms with E-state index in [0.717, 1.165) is 0 Å². The molecule has 4 aliphatic rings. The molecular formula is C38H53N3O7. The van der Waals surface area contributed by atoms with Crippen LogP contribution in [0, 0.1) is 23.2 Å². The molecule has 10 heteroatoms. The lowest BCUT2D eigenvalue weighted by Gasteiger charge is -2.46. The van der Waals surface area contributed by atoms with Gasteiger partial charge in [0, 0.05) is 18.5 Å². The van der Waals surface area contributed by atoms with Gasteiger partial charge in [0.1, 0.15) is 23.7 Å². The summed E-state index contributed by atoms with van der Waals surface area (Å²) in [5, 5.41) is 13.6. The number of hydrogen-bond acceptors (Lipinski definition) is 7. The summed E-state index contributed by atoms with van der Waals surface area (Å²) >= 11 is 0. The summed E-state index contributed by atoms with van der Waals surface area (Å²) in [6.07, 6.45) is 7.66. The number of hydrogen-bond donors (Lipinski definition) is 2. The molecule has 0 saturated carbocycles. The van der Waals surface area contributed by atoms with E-state index in [0.29, 0.717) is 24.8 Å². The fourth-order valence-electron chi connectivity index (χ4n) is 8.47. The molecule has 10 nitrogen and oxygen atoms in total. The van der Waals surface area contributed by atoms with Crippen LogP contribution in [-0.2, 0) is 28.7 Å². The first kappa shape index (κ1) is 35.8. The molecule has 5 rings (SSSR count). The van der Waals surface area contributed by atoms with E-state index in [1.54, 1.807) is 17.1 Å². The molecule has 0 radical (unpaired) electrons. The first-order chi connectivity index (χ1) is 22.6. The molecular weight excluding hydrogens is 610 g/mol. The molecule has 0 aliphatic carbocycles. The number of allylic oxidation sites excluding steroid dienone is 1. The third-order valence-corrected chi connectivity index (χ3v) is 10.0. The second kappa shape index (κ2) is 13.8. The Bertz CT molecular complexity index is 1430. The average Bonchev–Trinajstić information content (AvgIpc) is 3.65. The number of carbonyl (C=O) groups is 4. The van der Waals surface area contributed by atoms with Gasteiger partial charge in [-0.1, -0.05) is 89.3 Å². The molecule has 4 aliphatic heterocycles. The van der Waals surface area contributed by atoms with Gasteiger partial charge in [-0.3, -0.25) is 19.2 Å².